The second kappa shape index (κ2) is 11.0. The fourth-order valence-corrected chi connectivity index (χ4v) is 5.42. The normalized spacial score (nSPS) is 17.9. The molecular weight excluding hydrogens is 476 g/mol. The number of piperazine rings is 1. The fourth-order valence-electron chi connectivity index (χ4n) is 4.61. The number of aliphatic hydroxyl groups is 1. The maximum Gasteiger partial charge on any atom is 0.151 e. The summed E-state index contributed by atoms with van der Waals surface area (Å²) in [6.07, 6.45) is -0.557. The molecule has 36 heavy (non-hydrogen) atoms. The fraction of sp³-hybridized carbons (Fsp3) is 0.407. The summed E-state index contributed by atoms with van der Waals surface area (Å²) < 4.78 is 17.9. The molecule has 2 atom stereocenters. The highest BCUT2D eigenvalue weighted by atomic mass is 32.1. The number of hydrogen-bond donors (Lipinski definition) is 1. The molecule has 3 heterocycles. The zero-order valence-corrected chi connectivity index (χ0v) is 21.7. The van der Waals surface area contributed by atoms with Crippen LogP contribution in [-0.2, 0) is 6.54 Å². The molecule has 2 aromatic carbocycles. The van der Waals surface area contributed by atoms with Crippen molar-refractivity contribution in [2.75, 3.05) is 39.9 Å². The maximum atomic E-state index is 10.6. The molecule has 0 spiro atoms. The minimum Gasteiger partial charge on any atom is -0.497 e. The number of methoxy groups -OCH3 is 1. The second-order valence-corrected chi connectivity index (χ2v) is 10.5. The Labute approximate surface area is 215 Å². The van der Waals surface area contributed by atoms with Gasteiger partial charge >= 0.3 is 0 Å². The van der Waals surface area contributed by atoms with Crippen molar-refractivity contribution < 1.29 is 19.1 Å². The van der Waals surface area contributed by atoms with Gasteiger partial charge in [-0.2, -0.15) is 0 Å². The van der Waals surface area contributed by atoms with E-state index in [1.54, 1.807) is 18.4 Å². The number of ether oxygens (including phenoxy) is 2. The zero-order chi connectivity index (χ0) is 25.1. The molecular formula is C27H32N4O4S. The number of fused-ring (bicyclic) bond motifs is 1. The molecule has 1 aliphatic heterocycles. The van der Waals surface area contributed by atoms with Crippen LogP contribution in [0.1, 0.15) is 17.7 Å². The molecule has 0 saturated carbocycles. The van der Waals surface area contributed by atoms with Gasteiger partial charge in [-0.1, -0.05) is 5.16 Å². The Morgan fingerprint density at radius 1 is 1.14 bits per heavy atom. The van der Waals surface area contributed by atoms with Gasteiger partial charge in [0.25, 0.3) is 0 Å². The van der Waals surface area contributed by atoms with Crippen LogP contribution in [-0.4, -0.2) is 77.1 Å². The monoisotopic (exact) mass is 508 g/mol. The molecule has 5 rings (SSSR count). The quantitative estimate of drug-likeness (QED) is 0.360. The lowest BCUT2D eigenvalue weighted by Crippen LogP contribution is -2.53. The smallest absolute Gasteiger partial charge is 0.151 e. The SMILES string of the molecule is COc1ccc(-c2cc(CN3CCN(C[C@@H](O)COc4ccc5sc(C)nc5c4)C[C@@H]3C)on2)cc1. The predicted molar refractivity (Wildman–Crippen MR) is 141 cm³/mol. The van der Waals surface area contributed by atoms with Crippen LogP contribution in [0.25, 0.3) is 21.5 Å². The molecule has 1 aliphatic rings. The lowest BCUT2D eigenvalue weighted by molar-refractivity contribution is 0.0231. The van der Waals surface area contributed by atoms with Gasteiger partial charge in [-0.25, -0.2) is 4.98 Å². The van der Waals surface area contributed by atoms with Crippen LogP contribution in [0.4, 0.5) is 0 Å². The van der Waals surface area contributed by atoms with Crippen molar-refractivity contribution in [3.63, 3.8) is 0 Å². The molecule has 4 aromatic rings. The Kier molecular flexibility index (Phi) is 7.52. The first-order chi connectivity index (χ1) is 17.5. The highest BCUT2D eigenvalue weighted by Crippen LogP contribution is 2.26. The van der Waals surface area contributed by atoms with Crippen molar-refractivity contribution in [1.29, 1.82) is 0 Å². The summed E-state index contributed by atoms with van der Waals surface area (Å²) in [6, 6.07) is 16.0. The van der Waals surface area contributed by atoms with Gasteiger partial charge in [0.2, 0.25) is 0 Å². The zero-order valence-electron chi connectivity index (χ0n) is 20.9. The van der Waals surface area contributed by atoms with Gasteiger partial charge in [0, 0.05) is 49.9 Å². The van der Waals surface area contributed by atoms with E-state index in [-0.39, 0.29) is 6.61 Å². The third-order valence-electron chi connectivity index (χ3n) is 6.53. The van der Waals surface area contributed by atoms with Crippen LogP contribution in [0.15, 0.2) is 53.1 Å². The van der Waals surface area contributed by atoms with Crippen LogP contribution in [0.2, 0.25) is 0 Å². The third kappa shape index (κ3) is 5.87. The molecule has 1 saturated heterocycles. The average Bonchev–Trinajstić information content (AvgIpc) is 3.49. The summed E-state index contributed by atoms with van der Waals surface area (Å²) in [5.41, 5.74) is 2.77. The summed E-state index contributed by atoms with van der Waals surface area (Å²) in [5.74, 6) is 2.41. The van der Waals surface area contributed by atoms with Crippen molar-refractivity contribution in [2.24, 2.45) is 0 Å². The largest absolute Gasteiger partial charge is 0.497 e. The van der Waals surface area contributed by atoms with E-state index in [0.29, 0.717) is 19.1 Å². The molecule has 0 amide bonds. The van der Waals surface area contributed by atoms with Crippen LogP contribution in [0.3, 0.4) is 0 Å². The van der Waals surface area contributed by atoms with Crippen LogP contribution >= 0.6 is 11.3 Å². The summed E-state index contributed by atoms with van der Waals surface area (Å²) in [6.45, 7) is 8.42. The molecule has 0 aliphatic carbocycles. The number of thiazole rings is 1. The van der Waals surface area contributed by atoms with E-state index in [1.807, 2.05) is 55.5 Å². The highest BCUT2D eigenvalue weighted by Gasteiger charge is 2.26. The van der Waals surface area contributed by atoms with Gasteiger partial charge in [-0.15, -0.1) is 11.3 Å². The van der Waals surface area contributed by atoms with E-state index in [1.165, 1.54) is 0 Å². The Morgan fingerprint density at radius 3 is 2.72 bits per heavy atom. The van der Waals surface area contributed by atoms with Gasteiger partial charge in [0.1, 0.15) is 29.9 Å². The van der Waals surface area contributed by atoms with Gasteiger partial charge in [0.15, 0.2) is 5.76 Å². The van der Waals surface area contributed by atoms with Crippen molar-refractivity contribution in [3.8, 4) is 22.8 Å². The molecule has 8 nitrogen and oxygen atoms in total. The van der Waals surface area contributed by atoms with E-state index in [9.17, 15) is 5.11 Å². The van der Waals surface area contributed by atoms with Crippen molar-refractivity contribution in [2.45, 2.75) is 32.5 Å². The highest BCUT2D eigenvalue weighted by molar-refractivity contribution is 7.18. The number of β-amino-alcohol motifs (C(OH)–C–C–N with tert-alkyl or cyclic N) is 1. The topological polar surface area (TPSA) is 84.1 Å². The lowest BCUT2D eigenvalue weighted by Gasteiger charge is -2.40. The van der Waals surface area contributed by atoms with Crippen LogP contribution < -0.4 is 9.47 Å². The Hall–Kier alpha value is -2.98. The summed E-state index contributed by atoms with van der Waals surface area (Å²) >= 11 is 1.67. The van der Waals surface area contributed by atoms with Crippen molar-refractivity contribution in [1.82, 2.24) is 19.9 Å². The number of benzene rings is 2. The predicted octanol–water partition coefficient (Wildman–Crippen LogP) is 4.21. The molecule has 190 valence electrons. The summed E-state index contributed by atoms with van der Waals surface area (Å²) in [4.78, 5) is 9.20. The van der Waals surface area contributed by atoms with Gasteiger partial charge in [-0.05, 0) is 50.2 Å². The minimum atomic E-state index is -0.557. The van der Waals surface area contributed by atoms with Gasteiger partial charge < -0.3 is 19.1 Å². The minimum absolute atomic E-state index is 0.259. The maximum absolute atomic E-state index is 10.6. The average molecular weight is 509 g/mol. The second-order valence-electron chi connectivity index (χ2n) is 9.31. The van der Waals surface area contributed by atoms with Crippen molar-refractivity contribution in [3.05, 3.63) is 59.3 Å². The number of hydrogen-bond acceptors (Lipinski definition) is 9. The van der Waals surface area contributed by atoms with E-state index in [4.69, 9.17) is 14.0 Å². The molecule has 1 fully saturated rings. The van der Waals surface area contributed by atoms with E-state index >= 15 is 0 Å². The summed E-state index contributed by atoms with van der Waals surface area (Å²) in [5, 5.41) is 15.9. The lowest BCUT2D eigenvalue weighted by atomic mass is 10.1. The molecule has 9 heteroatoms. The first kappa shape index (κ1) is 24.7. The van der Waals surface area contributed by atoms with Crippen LogP contribution in [0, 0.1) is 6.92 Å². The molecule has 1 N–H and O–H groups in total. The van der Waals surface area contributed by atoms with E-state index < -0.39 is 6.10 Å². The molecule has 2 aromatic heterocycles. The molecule has 0 bridgehead atoms. The van der Waals surface area contributed by atoms with Crippen molar-refractivity contribution >= 4 is 21.6 Å². The standard InChI is InChI=1S/C27H32N4O4S/c1-18-14-30(15-21(32)17-34-23-8-9-27-26(12-23)28-19(2)36-27)10-11-31(18)16-24-13-25(29-35-24)20-4-6-22(33-3)7-5-20/h4-9,12-13,18,21,32H,10-11,14-17H2,1-3H3/t18-,21+/m0/s1. The number of aromatic nitrogens is 2. The molecule has 0 radical (unpaired) electrons. The number of aryl methyl sites for hydroxylation is 1. The number of rotatable bonds is 9. The first-order valence-electron chi connectivity index (χ1n) is 12.2. The first-order valence-corrected chi connectivity index (χ1v) is 13.0. The Bertz CT molecular complexity index is 1290. The van der Waals surface area contributed by atoms with Crippen LogP contribution in [0.5, 0.6) is 11.5 Å². The summed E-state index contributed by atoms with van der Waals surface area (Å²) in [7, 11) is 1.66. The van der Waals surface area contributed by atoms with E-state index in [0.717, 1.165) is 63.4 Å². The number of aliphatic hydroxyl groups excluding tert-OH is 1. The Morgan fingerprint density at radius 2 is 1.94 bits per heavy atom. The Balaban J connectivity index is 1.08. The van der Waals surface area contributed by atoms with Gasteiger partial charge in [0.05, 0.1) is 28.9 Å². The van der Waals surface area contributed by atoms with E-state index in [2.05, 4.69) is 26.9 Å². The third-order valence-corrected chi connectivity index (χ3v) is 7.48. The van der Waals surface area contributed by atoms with Gasteiger partial charge in [-0.3, -0.25) is 9.80 Å². The molecule has 0 unspecified atom stereocenters. The number of nitrogens with zero attached hydrogens (tertiary/aromatic N) is 4.